The highest BCUT2D eigenvalue weighted by molar-refractivity contribution is 5.76. The second-order valence-corrected chi connectivity index (χ2v) is 10.7. The number of pyridine rings is 6. The second-order valence-electron chi connectivity index (χ2n) is 10.7. The lowest BCUT2D eigenvalue weighted by Gasteiger charge is -2.10. The zero-order valence-corrected chi connectivity index (χ0v) is 25.0. The van der Waals surface area contributed by atoms with Crippen molar-refractivity contribution in [1.29, 1.82) is 0 Å². The molecule has 9 nitrogen and oxygen atoms in total. The van der Waals surface area contributed by atoms with Gasteiger partial charge in [0.2, 0.25) is 0 Å². The van der Waals surface area contributed by atoms with Crippen molar-refractivity contribution >= 4 is 0 Å². The average Bonchev–Trinajstić information content (AvgIpc) is 3.67. The van der Waals surface area contributed by atoms with Gasteiger partial charge in [-0.15, -0.1) is 5.10 Å². The fourth-order valence-corrected chi connectivity index (χ4v) is 5.28. The van der Waals surface area contributed by atoms with E-state index in [1.165, 1.54) is 0 Å². The summed E-state index contributed by atoms with van der Waals surface area (Å²) in [5.74, 6) is 0. The van der Waals surface area contributed by atoms with Crippen molar-refractivity contribution < 1.29 is 0 Å². The number of hydrogen-bond donors (Lipinski definition) is 0. The first-order chi connectivity index (χ1) is 23.3. The first-order valence-electron chi connectivity index (χ1n) is 15.0. The maximum atomic E-state index is 4.89. The van der Waals surface area contributed by atoms with Crippen LogP contribution in [0.2, 0.25) is 0 Å². The summed E-state index contributed by atoms with van der Waals surface area (Å²) in [6.45, 7) is 0. The minimum atomic E-state index is 0.720. The predicted octanol–water partition coefficient (Wildman–Crippen LogP) is 7.64. The Kier molecular flexibility index (Phi) is 7.29. The maximum absolute atomic E-state index is 4.89. The second kappa shape index (κ2) is 12.3. The van der Waals surface area contributed by atoms with Crippen molar-refractivity contribution in [2.45, 2.75) is 0 Å². The molecule has 9 heteroatoms. The van der Waals surface area contributed by atoms with Crippen LogP contribution >= 0.6 is 0 Å². The fraction of sp³-hybridized carbons (Fsp3) is 0. The molecule has 0 saturated heterocycles. The number of hydrogen-bond acceptors (Lipinski definition) is 8. The molecule has 0 N–H and O–H groups in total. The molecular formula is C38H25N9. The lowest BCUT2D eigenvalue weighted by Crippen LogP contribution is -2.00. The SMILES string of the molecule is c1ccc(-c2cc(-c3ccc(-c4cn(-c5cc(-c6ccccn6)nc(-c6ccccn6)c5)nn4)cc3)cc(-c3ccccn3)n2)nc1. The van der Waals surface area contributed by atoms with Gasteiger partial charge in [0.15, 0.2) is 0 Å². The van der Waals surface area contributed by atoms with Crippen molar-refractivity contribution in [3.63, 3.8) is 0 Å². The molecule has 0 aliphatic rings. The largest absolute Gasteiger partial charge is 0.255 e. The summed E-state index contributed by atoms with van der Waals surface area (Å²) in [4.78, 5) is 27.8. The monoisotopic (exact) mass is 607 g/mol. The zero-order chi connectivity index (χ0) is 31.4. The van der Waals surface area contributed by atoms with Gasteiger partial charge < -0.3 is 0 Å². The highest BCUT2D eigenvalue weighted by Gasteiger charge is 2.14. The van der Waals surface area contributed by atoms with E-state index in [4.69, 9.17) is 9.97 Å². The predicted molar refractivity (Wildman–Crippen MR) is 181 cm³/mol. The van der Waals surface area contributed by atoms with E-state index in [2.05, 4.69) is 66.6 Å². The van der Waals surface area contributed by atoms with E-state index in [0.29, 0.717) is 0 Å². The van der Waals surface area contributed by atoms with E-state index in [9.17, 15) is 0 Å². The molecule has 7 heterocycles. The summed E-state index contributed by atoms with van der Waals surface area (Å²) >= 11 is 0. The van der Waals surface area contributed by atoms with Crippen molar-refractivity contribution in [3.8, 4) is 73.6 Å². The van der Waals surface area contributed by atoms with Gasteiger partial charge in [-0.05, 0) is 83.9 Å². The van der Waals surface area contributed by atoms with Crippen molar-refractivity contribution in [2.75, 3.05) is 0 Å². The Labute approximate surface area is 270 Å². The number of rotatable bonds is 7. The summed E-state index contributed by atoms with van der Waals surface area (Å²) < 4.78 is 1.75. The molecule has 0 fully saturated rings. The molecule has 0 bridgehead atoms. The molecule has 222 valence electrons. The molecule has 0 atom stereocenters. The van der Waals surface area contributed by atoms with Crippen LogP contribution in [0, 0.1) is 0 Å². The van der Waals surface area contributed by atoms with Gasteiger partial charge in [-0.3, -0.25) is 19.9 Å². The number of benzene rings is 1. The Morgan fingerprint density at radius 2 is 0.787 bits per heavy atom. The van der Waals surface area contributed by atoms with Gasteiger partial charge in [0.25, 0.3) is 0 Å². The maximum Gasteiger partial charge on any atom is 0.113 e. The average molecular weight is 608 g/mol. The minimum Gasteiger partial charge on any atom is -0.255 e. The first-order valence-corrected chi connectivity index (χ1v) is 15.0. The third kappa shape index (κ3) is 5.88. The summed E-state index contributed by atoms with van der Waals surface area (Å²) in [7, 11) is 0. The smallest absolute Gasteiger partial charge is 0.113 e. The van der Waals surface area contributed by atoms with Gasteiger partial charge in [-0.25, -0.2) is 14.6 Å². The van der Waals surface area contributed by atoms with Crippen LogP contribution in [0.1, 0.15) is 0 Å². The Bertz CT molecular complexity index is 2160. The van der Waals surface area contributed by atoms with E-state index >= 15 is 0 Å². The Hall–Kier alpha value is -6.74. The Morgan fingerprint density at radius 3 is 1.21 bits per heavy atom. The van der Waals surface area contributed by atoms with Crippen LogP contribution in [0.4, 0.5) is 0 Å². The molecule has 8 rings (SSSR count). The third-order valence-corrected chi connectivity index (χ3v) is 7.62. The van der Waals surface area contributed by atoms with Crippen molar-refractivity contribution in [2.24, 2.45) is 0 Å². The summed E-state index contributed by atoms with van der Waals surface area (Å²) in [5.41, 5.74) is 10.6. The van der Waals surface area contributed by atoms with E-state index in [1.54, 1.807) is 29.5 Å². The van der Waals surface area contributed by atoms with Gasteiger partial charge in [0.05, 0.1) is 57.4 Å². The fourth-order valence-electron chi connectivity index (χ4n) is 5.28. The molecule has 0 unspecified atom stereocenters. The molecule has 0 radical (unpaired) electrons. The summed E-state index contributed by atoms with van der Waals surface area (Å²) in [6.07, 6.45) is 8.98. The third-order valence-electron chi connectivity index (χ3n) is 7.62. The van der Waals surface area contributed by atoms with Crippen LogP contribution in [-0.2, 0) is 0 Å². The Morgan fingerprint density at radius 1 is 0.362 bits per heavy atom. The molecule has 8 aromatic rings. The molecule has 0 aliphatic carbocycles. The van der Waals surface area contributed by atoms with Crippen LogP contribution in [0.25, 0.3) is 73.6 Å². The molecule has 0 spiro atoms. The minimum absolute atomic E-state index is 0.720. The summed E-state index contributed by atoms with van der Waals surface area (Å²) in [5, 5.41) is 8.99. The van der Waals surface area contributed by atoms with Crippen LogP contribution in [-0.4, -0.2) is 44.9 Å². The molecule has 0 amide bonds. The normalized spacial score (nSPS) is 11.0. The molecule has 0 aliphatic heterocycles. The topological polar surface area (TPSA) is 108 Å². The molecule has 7 aromatic heterocycles. The van der Waals surface area contributed by atoms with Gasteiger partial charge in [-0.1, -0.05) is 53.7 Å². The van der Waals surface area contributed by atoms with Crippen molar-refractivity contribution in [3.05, 3.63) is 152 Å². The van der Waals surface area contributed by atoms with Gasteiger partial charge in [0.1, 0.15) is 5.69 Å². The molecule has 47 heavy (non-hydrogen) atoms. The lowest BCUT2D eigenvalue weighted by atomic mass is 10.0. The molecule has 1 aromatic carbocycles. The van der Waals surface area contributed by atoms with Gasteiger partial charge in [0, 0.05) is 30.4 Å². The summed E-state index contributed by atoms with van der Waals surface area (Å²) in [6, 6.07) is 39.5. The van der Waals surface area contributed by atoms with Crippen molar-refractivity contribution in [1.82, 2.24) is 44.9 Å². The number of nitrogens with zero attached hydrogens (tertiary/aromatic N) is 9. The van der Waals surface area contributed by atoms with Gasteiger partial charge in [-0.2, -0.15) is 0 Å². The zero-order valence-electron chi connectivity index (χ0n) is 25.0. The van der Waals surface area contributed by atoms with Gasteiger partial charge >= 0.3 is 0 Å². The first kappa shape index (κ1) is 27.8. The van der Waals surface area contributed by atoms with Crippen LogP contribution in [0.5, 0.6) is 0 Å². The standard InChI is InChI=1S/C38H25N9/c1-5-17-39-30(9-1)34-21-28(22-35(43-34)31-10-2-6-18-40-31)26-13-15-27(16-14-26)38-25-47(46-45-38)29-23-36(32-11-3-7-19-41-32)44-37(24-29)33-12-4-8-20-42-33/h1-25H. The lowest BCUT2D eigenvalue weighted by molar-refractivity contribution is 0.803. The van der Waals surface area contributed by atoms with Crippen LogP contribution in [0.15, 0.2) is 152 Å². The molecule has 0 saturated carbocycles. The molecular weight excluding hydrogens is 582 g/mol. The quantitative estimate of drug-likeness (QED) is 0.182. The Balaban J connectivity index is 1.14. The van der Waals surface area contributed by atoms with E-state index in [-0.39, 0.29) is 0 Å². The van der Waals surface area contributed by atoms with Crippen LogP contribution < -0.4 is 0 Å². The van der Waals surface area contributed by atoms with Crippen LogP contribution in [0.3, 0.4) is 0 Å². The van der Waals surface area contributed by atoms with E-state index < -0.39 is 0 Å². The highest BCUT2D eigenvalue weighted by atomic mass is 15.4. The van der Waals surface area contributed by atoms with E-state index in [1.807, 2.05) is 91.1 Å². The highest BCUT2D eigenvalue weighted by Crippen LogP contribution is 2.31. The van der Waals surface area contributed by atoms with E-state index in [0.717, 1.165) is 73.6 Å². The number of aromatic nitrogens is 9.